The lowest BCUT2D eigenvalue weighted by Crippen LogP contribution is -2.47. The van der Waals surface area contributed by atoms with E-state index >= 15 is 0 Å². The van der Waals surface area contributed by atoms with Crippen LogP contribution in [-0.4, -0.2) is 62.4 Å². The van der Waals surface area contributed by atoms with Gasteiger partial charge in [-0.15, -0.1) is 0 Å². The standard InChI is InChI=1S/C16H21FN2O4S/c1-12-11-23-9-8-19(12)16(20)13-4-5-14(17)15(10-13)24(21,22)18-6-2-3-7-18/h4-5,10,12H,2-3,6-9,11H2,1H3. The first-order valence-electron chi connectivity index (χ1n) is 8.09. The monoisotopic (exact) mass is 356 g/mol. The van der Waals surface area contributed by atoms with Gasteiger partial charge in [0.1, 0.15) is 10.7 Å². The van der Waals surface area contributed by atoms with Gasteiger partial charge in [0.25, 0.3) is 5.91 Å². The van der Waals surface area contributed by atoms with Gasteiger partial charge in [-0.1, -0.05) is 0 Å². The molecule has 2 aliphatic rings. The smallest absolute Gasteiger partial charge is 0.254 e. The Labute approximate surface area is 141 Å². The Bertz CT molecular complexity index is 732. The Hall–Kier alpha value is -1.51. The second-order valence-corrected chi connectivity index (χ2v) is 8.09. The van der Waals surface area contributed by atoms with Gasteiger partial charge in [0.2, 0.25) is 10.0 Å². The van der Waals surface area contributed by atoms with Crippen LogP contribution < -0.4 is 0 Å². The summed E-state index contributed by atoms with van der Waals surface area (Å²) in [6, 6.07) is 3.45. The summed E-state index contributed by atoms with van der Waals surface area (Å²) in [4.78, 5) is 13.9. The predicted octanol–water partition coefficient (Wildman–Crippen LogP) is 1.47. The van der Waals surface area contributed by atoms with Crippen LogP contribution in [0.4, 0.5) is 4.39 Å². The molecule has 2 aliphatic heterocycles. The van der Waals surface area contributed by atoms with E-state index in [4.69, 9.17) is 4.74 Å². The van der Waals surface area contributed by atoms with Crippen LogP contribution in [0.3, 0.4) is 0 Å². The predicted molar refractivity (Wildman–Crippen MR) is 85.7 cm³/mol. The largest absolute Gasteiger partial charge is 0.377 e. The van der Waals surface area contributed by atoms with E-state index < -0.39 is 20.7 Å². The molecule has 0 spiro atoms. The number of carbonyl (C=O) groups excluding carboxylic acids is 1. The highest BCUT2D eigenvalue weighted by Crippen LogP contribution is 2.25. The van der Waals surface area contributed by atoms with Gasteiger partial charge in [-0.05, 0) is 38.0 Å². The molecule has 0 radical (unpaired) electrons. The van der Waals surface area contributed by atoms with Crippen LogP contribution in [0, 0.1) is 5.82 Å². The lowest BCUT2D eigenvalue weighted by atomic mass is 10.1. The number of sulfonamides is 1. The molecule has 2 saturated heterocycles. The molecule has 1 amide bonds. The molecule has 0 N–H and O–H groups in total. The highest BCUT2D eigenvalue weighted by atomic mass is 32.2. The van der Waals surface area contributed by atoms with Gasteiger partial charge in [-0.2, -0.15) is 4.31 Å². The Morgan fingerprint density at radius 3 is 2.62 bits per heavy atom. The summed E-state index contributed by atoms with van der Waals surface area (Å²) < 4.78 is 46.0. The van der Waals surface area contributed by atoms with Gasteiger partial charge in [-0.25, -0.2) is 12.8 Å². The number of benzene rings is 1. The third kappa shape index (κ3) is 3.18. The van der Waals surface area contributed by atoms with E-state index in [0.717, 1.165) is 25.0 Å². The topological polar surface area (TPSA) is 66.9 Å². The minimum Gasteiger partial charge on any atom is -0.377 e. The number of nitrogens with zero attached hydrogens (tertiary/aromatic N) is 2. The average Bonchev–Trinajstić information content (AvgIpc) is 3.10. The SMILES string of the molecule is CC1COCCN1C(=O)c1ccc(F)c(S(=O)(=O)N2CCCC2)c1. The van der Waals surface area contributed by atoms with E-state index in [-0.39, 0.29) is 17.5 Å². The van der Waals surface area contributed by atoms with Gasteiger partial charge in [0.15, 0.2) is 0 Å². The quantitative estimate of drug-likeness (QED) is 0.823. The van der Waals surface area contributed by atoms with Crippen molar-refractivity contribution in [3.8, 4) is 0 Å². The first-order valence-corrected chi connectivity index (χ1v) is 9.53. The Kier molecular flexibility index (Phi) is 4.89. The summed E-state index contributed by atoms with van der Waals surface area (Å²) in [6.45, 7) is 3.96. The van der Waals surface area contributed by atoms with Gasteiger partial charge >= 0.3 is 0 Å². The first kappa shape index (κ1) is 17.3. The first-order chi connectivity index (χ1) is 11.4. The van der Waals surface area contributed by atoms with Crippen LogP contribution in [0.2, 0.25) is 0 Å². The Balaban J connectivity index is 1.92. The molecule has 6 nitrogen and oxygen atoms in total. The molecule has 1 unspecified atom stereocenters. The van der Waals surface area contributed by atoms with Crippen LogP contribution in [0.25, 0.3) is 0 Å². The number of carbonyl (C=O) groups is 1. The fourth-order valence-corrected chi connectivity index (χ4v) is 4.70. The second-order valence-electron chi connectivity index (χ2n) is 6.18. The zero-order valence-electron chi connectivity index (χ0n) is 13.6. The zero-order chi connectivity index (χ0) is 17.3. The number of halogens is 1. The molecule has 1 aromatic rings. The van der Waals surface area contributed by atoms with Crippen molar-refractivity contribution in [2.24, 2.45) is 0 Å². The second kappa shape index (κ2) is 6.78. The van der Waals surface area contributed by atoms with Crippen LogP contribution in [-0.2, 0) is 14.8 Å². The summed E-state index contributed by atoms with van der Waals surface area (Å²) >= 11 is 0. The molecular formula is C16H21FN2O4S. The molecule has 24 heavy (non-hydrogen) atoms. The van der Waals surface area contributed by atoms with Crippen LogP contribution in [0.15, 0.2) is 23.1 Å². The van der Waals surface area contributed by atoms with Crippen molar-refractivity contribution < 1.29 is 22.3 Å². The van der Waals surface area contributed by atoms with E-state index in [1.165, 1.54) is 10.4 Å². The fraction of sp³-hybridized carbons (Fsp3) is 0.562. The van der Waals surface area contributed by atoms with Gasteiger partial charge in [0.05, 0.1) is 19.3 Å². The van der Waals surface area contributed by atoms with Crippen molar-refractivity contribution in [3.63, 3.8) is 0 Å². The average molecular weight is 356 g/mol. The molecule has 2 fully saturated rings. The molecule has 0 aromatic heterocycles. The van der Waals surface area contributed by atoms with E-state index in [1.807, 2.05) is 6.92 Å². The third-order valence-electron chi connectivity index (χ3n) is 4.49. The van der Waals surface area contributed by atoms with E-state index in [2.05, 4.69) is 0 Å². The van der Waals surface area contributed by atoms with Crippen molar-refractivity contribution in [2.45, 2.75) is 30.7 Å². The summed E-state index contributed by atoms with van der Waals surface area (Å²) in [7, 11) is -3.91. The summed E-state index contributed by atoms with van der Waals surface area (Å²) in [5.41, 5.74) is 0.183. The maximum Gasteiger partial charge on any atom is 0.254 e. The fourth-order valence-electron chi connectivity index (χ4n) is 3.10. The van der Waals surface area contributed by atoms with Gasteiger partial charge < -0.3 is 9.64 Å². The van der Waals surface area contributed by atoms with E-state index in [9.17, 15) is 17.6 Å². The van der Waals surface area contributed by atoms with Crippen molar-refractivity contribution in [2.75, 3.05) is 32.8 Å². The third-order valence-corrected chi connectivity index (χ3v) is 6.40. The summed E-state index contributed by atoms with van der Waals surface area (Å²) in [5.74, 6) is -1.13. The van der Waals surface area contributed by atoms with Crippen molar-refractivity contribution in [1.82, 2.24) is 9.21 Å². The minimum absolute atomic E-state index is 0.102. The lowest BCUT2D eigenvalue weighted by Gasteiger charge is -2.33. The maximum absolute atomic E-state index is 14.2. The van der Waals surface area contributed by atoms with Crippen LogP contribution >= 0.6 is 0 Å². The molecule has 0 aliphatic carbocycles. The van der Waals surface area contributed by atoms with Gasteiger partial charge in [0, 0.05) is 25.2 Å². The number of hydrogen-bond donors (Lipinski definition) is 0. The minimum atomic E-state index is -3.91. The highest BCUT2D eigenvalue weighted by molar-refractivity contribution is 7.89. The lowest BCUT2D eigenvalue weighted by molar-refractivity contribution is 0.00357. The molecule has 8 heteroatoms. The van der Waals surface area contributed by atoms with Crippen molar-refractivity contribution in [1.29, 1.82) is 0 Å². The van der Waals surface area contributed by atoms with Crippen LogP contribution in [0.5, 0.6) is 0 Å². The number of rotatable bonds is 3. The van der Waals surface area contributed by atoms with E-state index in [0.29, 0.717) is 32.8 Å². The van der Waals surface area contributed by atoms with Crippen molar-refractivity contribution >= 4 is 15.9 Å². The van der Waals surface area contributed by atoms with Crippen LogP contribution in [0.1, 0.15) is 30.1 Å². The maximum atomic E-state index is 14.2. The Morgan fingerprint density at radius 1 is 1.25 bits per heavy atom. The number of amides is 1. The molecule has 1 aromatic carbocycles. The normalized spacial score (nSPS) is 22.8. The molecule has 3 rings (SSSR count). The molecule has 0 saturated carbocycles. The molecule has 2 heterocycles. The number of ether oxygens (including phenoxy) is 1. The number of morpholine rings is 1. The van der Waals surface area contributed by atoms with Crippen molar-refractivity contribution in [3.05, 3.63) is 29.6 Å². The Morgan fingerprint density at radius 2 is 1.96 bits per heavy atom. The highest BCUT2D eigenvalue weighted by Gasteiger charge is 2.31. The molecule has 132 valence electrons. The van der Waals surface area contributed by atoms with E-state index in [1.54, 1.807) is 4.90 Å². The summed E-state index contributed by atoms with van der Waals surface area (Å²) in [6.07, 6.45) is 1.54. The molecule has 0 bridgehead atoms. The molecular weight excluding hydrogens is 335 g/mol. The van der Waals surface area contributed by atoms with Gasteiger partial charge in [-0.3, -0.25) is 4.79 Å². The molecule has 1 atom stereocenters. The number of hydrogen-bond acceptors (Lipinski definition) is 4. The zero-order valence-corrected chi connectivity index (χ0v) is 14.4. The summed E-state index contributed by atoms with van der Waals surface area (Å²) in [5, 5.41) is 0.